The van der Waals surface area contributed by atoms with E-state index in [4.69, 9.17) is 10.5 Å². The highest BCUT2D eigenvalue weighted by Crippen LogP contribution is 2.37. The summed E-state index contributed by atoms with van der Waals surface area (Å²) in [5.74, 6) is -0.495. The van der Waals surface area contributed by atoms with E-state index in [1.807, 2.05) is 0 Å². The van der Waals surface area contributed by atoms with Gasteiger partial charge in [0.05, 0.1) is 25.1 Å². The number of hydrogen-bond acceptors (Lipinski definition) is 6. The lowest BCUT2D eigenvalue weighted by Gasteiger charge is -2.18. The van der Waals surface area contributed by atoms with E-state index in [9.17, 15) is 18.4 Å². The first-order valence-corrected chi connectivity index (χ1v) is 9.76. The monoisotopic (exact) mass is 469 g/mol. The van der Waals surface area contributed by atoms with Gasteiger partial charge >= 0.3 is 5.69 Å². The summed E-state index contributed by atoms with van der Waals surface area (Å²) in [6.45, 7) is 0.0447. The normalized spacial score (nSPS) is 13.3. The van der Waals surface area contributed by atoms with Crippen molar-refractivity contribution < 1.29 is 18.3 Å². The van der Waals surface area contributed by atoms with Crippen molar-refractivity contribution in [1.29, 1.82) is 0 Å². The van der Waals surface area contributed by atoms with Crippen LogP contribution in [0.5, 0.6) is 5.75 Å². The van der Waals surface area contributed by atoms with Crippen LogP contribution in [0.25, 0.3) is 10.4 Å². The Balaban J connectivity index is 0.00000272. The van der Waals surface area contributed by atoms with E-state index in [2.05, 4.69) is 10.4 Å². The second-order valence-corrected chi connectivity index (χ2v) is 7.77. The highest BCUT2D eigenvalue weighted by molar-refractivity contribution is 7.15. The van der Waals surface area contributed by atoms with Gasteiger partial charge in [-0.25, -0.2) is 18.3 Å². The van der Waals surface area contributed by atoms with Gasteiger partial charge in [0.15, 0.2) is 6.61 Å². The standard InChI is InChI=1S/C19H17F2N5O3S.ClH/c20-5-11(6-22)7-26-19(28)25(10-23-26)8-12-1-2-17(30-12)13-3-15-16(4-14(13)21)29-9-18(27)24-15;/h1-5,10H,6-9,22H2,(H,24,27);1H/b11-5+;. The average molecular weight is 470 g/mol. The number of carbonyl (C=O) groups excluding carboxylic acids is 1. The Kier molecular flexibility index (Phi) is 6.88. The second kappa shape index (κ2) is 9.41. The summed E-state index contributed by atoms with van der Waals surface area (Å²) in [6.07, 6.45) is 1.73. The largest absolute Gasteiger partial charge is 0.481 e. The van der Waals surface area contributed by atoms with Gasteiger partial charge < -0.3 is 15.8 Å². The first kappa shape index (κ1) is 22.7. The molecule has 3 heterocycles. The van der Waals surface area contributed by atoms with Gasteiger partial charge in [-0.05, 0) is 23.8 Å². The third-order valence-electron chi connectivity index (χ3n) is 4.52. The van der Waals surface area contributed by atoms with Gasteiger partial charge in [0.25, 0.3) is 5.91 Å². The van der Waals surface area contributed by atoms with Crippen molar-refractivity contribution in [2.45, 2.75) is 13.1 Å². The smallest absolute Gasteiger partial charge is 0.346 e. The molecule has 1 amide bonds. The van der Waals surface area contributed by atoms with Gasteiger partial charge in [0.2, 0.25) is 0 Å². The predicted molar refractivity (Wildman–Crippen MR) is 115 cm³/mol. The molecule has 0 radical (unpaired) electrons. The Labute approximate surface area is 185 Å². The number of ether oxygens (including phenoxy) is 1. The fraction of sp³-hybridized carbons (Fsp3) is 0.211. The molecule has 2 aromatic heterocycles. The summed E-state index contributed by atoms with van der Waals surface area (Å²) in [7, 11) is 0. The Morgan fingerprint density at radius 2 is 2.16 bits per heavy atom. The lowest BCUT2D eigenvalue weighted by molar-refractivity contribution is -0.118. The maximum atomic E-state index is 14.6. The van der Waals surface area contributed by atoms with Crippen LogP contribution in [-0.4, -0.2) is 33.4 Å². The number of halogens is 3. The first-order valence-electron chi connectivity index (χ1n) is 8.94. The molecular weight excluding hydrogens is 452 g/mol. The molecule has 0 atom stereocenters. The number of nitrogens with one attached hydrogen (secondary N) is 1. The number of nitrogens with zero attached hydrogens (tertiary/aromatic N) is 3. The minimum absolute atomic E-state index is 0. The van der Waals surface area contributed by atoms with Crippen LogP contribution >= 0.6 is 23.7 Å². The Bertz CT molecular complexity index is 1200. The zero-order valence-electron chi connectivity index (χ0n) is 16.0. The molecule has 0 aliphatic carbocycles. The molecule has 0 spiro atoms. The average Bonchev–Trinajstić information content (AvgIpc) is 3.33. The molecule has 0 fully saturated rings. The number of fused-ring (bicyclic) bond motifs is 1. The molecule has 0 saturated carbocycles. The van der Waals surface area contributed by atoms with Crippen LogP contribution in [0, 0.1) is 5.82 Å². The van der Waals surface area contributed by atoms with Crippen molar-refractivity contribution in [2.75, 3.05) is 18.5 Å². The molecule has 12 heteroatoms. The molecule has 0 unspecified atom stereocenters. The summed E-state index contributed by atoms with van der Waals surface area (Å²) >= 11 is 1.31. The lowest BCUT2D eigenvalue weighted by Crippen LogP contribution is -2.26. The zero-order chi connectivity index (χ0) is 21.3. The van der Waals surface area contributed by atoms with Crippen LogP contribution in [0.3, 0.4) is 0 Å². The van der Waals surface area contributed by atoms with Crippen LogP contribution < -0.4 is 21.5 Å². The fourth-order valence-corrected chi connectivity index (χ4v) is 4.02. The molecule has 3 aromatic rings. The summed E-state index contributed by atoms with van der Waals surface area (Å²) in [5, 5.41) is 6.63. The van der Waals surface area contributed by atoms with E-state index >= 15 is 0 Å². The van der Waals surface area contributed by atoms with Crippen molar-refractivity contribution in [2.24, 2.45) is 5.73 Å². The number of hydrogen-bond donors (Lipinski definition) is 2. The van der Waals surface area contributed by atoms with E-state index < -0.39 is 11.5 Å². The molecule has 164 valence electrons. The van der Waals surface area contributed by atoms with Gasteiger partial charge in [0, 0.05) is 27.9 Å². The third kappa shape index (κ3) is 4.68. The fourth-order valence-electron chi connectivity index (χ4n) is 2.99. The highest BCUT2D eigenvalue weighted by atomic mass is 35.5. The summed E-state index contributed by atoms with van der Waals surface area (Å²) < 4.78 is 35.0. The van der Waals surface area contributed by atoms with Crippen molar-refractivity contribution in [3.8, 4) is 16.2 Å². The third-order valence-corrected chi connectivity index (χ3v) is 5.62. The number of anilines is 1. The van der Waals surface area contributed by atoms with Gasteiger partial charge in [-0.3, -0.25) is 9.36 Å². The van der Waals surface area contributed by atoms with Crippen LogP contribution in [0.15, 0.2) is 47.3 Å². The van der Waals surface area contributed by atoms with E-state index in [0.717, 1.165) is 9.56 Å². The van der Waals surface area contributed by atoms with Crippen LogP contribution in [-0.2, 0) is 17.9 Å². The number of carbonyl (C=O) groups is 1. The predicted octanol–water partition coefficient (Wildman–Crippen LogP) is 2.53. The maximum absolute atomic E-state index is 14.6. The highest BCUT2D eigenvalue weighted by Gasteiger charge is 2.20. The van der Waals surface area contributed by atoms with Crippen molar-refractivity contribution >= 4 is 35.3 Å². The number of rotatable bonds is 6. The molecule has 0 saturated heterocycles. The zero-order valence-corrected chi connectivity index (χ0v) is 17.6. The van der Waals surface area contributed by atoms with Gasteiger partial charge in [-0.2, -0.15) is 5.10 Å². The topological polar surface area (TPSA) is 104 Å². The number of benzene rings is 1. The molecule has 3 N–H and O–H groups in total. The molecular formula is C19H18ClF2N5O3S. The van der Waals surface area contributed by atoms with Gasteiger partial charge in [-0.1, -0.05) is 0 Å². The van der Waals surface area contributed by atoms with Crippen molar-refractivity contribution in [3.05, 3.63) is 63.7 Å². The minimum Gasteiger partial charge on any atom is -0.481 e. The first-order chi connectivity index (χ1) is 14.5. The SMILES string of the molecule is Cl.NC/C(=C\F)Cn1ncn(Cc2ccc(-c3cc4c(cc3F)OCC(=O)N4)s2)c1=O. The summed E-state index contributed by atoms with van der Waals surface area (Å²) in [4.78, 5) is 25.4. The Morgan fingerprint density at radius 1 is 1.35 bits per heavy atom. The second-order valence-electron chi connectivity index (χ2n) is 6.60. The van der Waals surface area contributed by atoms with Gasteiger partial charge in [0.1, 0.15) is 17.9 Å². The van der Waals surface area contributed by atoms with E-state index in [1.54, 1.807) is 12.1 Å². The quantitative estimate of drug-likeness (QED) is 0.577. The summed E-state index contributed by atoms with van der Waals surface area (Å²) in [6, 6.07) is 6.29. The number of thiophene rings is 1. The maximum Gasteiger partial charge on any atom is 0.346 e. The van der Waals surface area contributed by atoms with E-state index in [0.29, 0.717) is 22.5 Å². The molecule has 4 rings (SSSR count). The minimum atomic E-state index is -0.476. The summed E-state index contributed by atoms with van der Waals surface area (Å²) in [5.41, 5.74) is 5.99. The van der Waals surface area contributed by atoms with Crippen molar-refractivity contribution in [3.63, 3.8) is 0 Å². The van der Waals surface area contributed by atoms with Crippen LogP contribution in [0.2, 0.25) is 0 Å². The van der Waals surface area contributed by atoms with Crippen molar-refractivity contribution in [1.82, 2.24) is 14.3 Å². The number of nitrogens with two attached hydrogens (primary N) is 1. The van der Waals surface area contributed by atoms with Crippen LogP contribution in [0.1, 0.15) is 4.88 Å². The molecule has 1 aliphatic rings. The molecule has 0 bridgehead atoms. The van der Waals surface area contributed by atoms with Gasteiger partial charge in [-0.15, -0.1) is 23.7 Å². The molecule has 8 nitrogen and oxygen atoms in total. The van der Waals surface area contributed by atoms with E-state index in [-0.39, 0.29) is 55.9 Å². The molecule has 1 aromatic carbocycles. The van der Waals surface area contributed by atoms with Crippen LogP contribution in [0.4, 0.5) is 14.5 Å². The number of amides is 1. The number of aromatic nitrogens is 3. The molecule has 31 heavy (non-hydrogen) atoms. The molecule has 1 aliphatic heterocycles. The Hall–Kier alpha value is -3.02. The van der Waals surface area contributed by atoms with E-state index in [1.165, 1.54) is 34.4 Å². The lowest BCUT2D eigenvalue weighted by atomic mass is 10.1. The Morgan fingerprint density at radius 3 is 2.90 bits per heavy atom.